The van der Waals surface area contributed by atoms with Crippen LogP contribution in [0.15, 0.2) is 104 Å². The van der Waals surface area contributed by atoms with E-state index in [2.05, 4.69) is 6.58 Å². The Morgan fingerprint density at radius 3 is 1.76 bits per heavy atom. The van der Waals surface area contributed by atoms with Gasteiger partial charge < -0.3 is 23.7 Å². The van der Waals surface area contributed by atoms with Crippen LogP contribution in [-0.2, 0) is 43.5 Å². The van der Waals surface area contributed by atoms with Crippen LogP contribution >= 0.6 is 0 Å². The lowest BCUT2D eigenvalue weighted by Gasteiger charge is -2.42. The third-order valence-electron chi connectivity index (χ3n) is 6.20. The smallest absolute Gasteiger partial charge is 0.291 e. The van der Waals surface area contributed by atoms with Gasteiger partial charge in [0.15, 0.2) is 6.10 Å². The van der Waals surface area contributed by atoms with Crippen molar-refractivity contribution in [1.29, 1.82) is 0 Å². The van der Waals surface area contributed by atoms with E-state index in [0.29, 0.717) is 6.61 Å². The number of hydrogen-bond acceptors (Lipinski definition) is 7. The number of hydrogen-bond donors (Lipinski definition) is 0. The zero-order chi connectivity index (χ0) is 26.6. The Balaban J connectivity index is 1.58. The Hall–Kier alpha value is -3.40. The molecular formula is C30H33NO7. The third kappa shape index (κ3) is 7.80. The zero-order valence-corrected chi connectivity index (χ0v) is 21.2. The van der Waals surface area contributed by atoms with E-state index in [-0.39, 0.29) is 26.4 Å². The van der Waals surface area contributed by atoms with Gasteiger partial charge in [-0.25, -0.2) is 0 Å². The summed E-state index contributed by atoms with van der Waals surface area (Å²) in [5, 5.41) is 12.3. The normalized spacial score (nSPS) is 23.1. The molecule has 3 aromatic rings. The highest BCUT2D eigenvalue weighted by molar-refractivity contribution is 5.15. The third-order valence-corrected chi connectivity index (χ3v) is 6.20. The lowest BCUT2D eigenvalue weighted by molar-refractivity contribution is -0.576. The molecule has 1 heterocycles. The standard InChI is InChI=1S/C30H33NO7/c1-2-18-35-30-27(31(32)33)29(37-21-25-16-10-5-11-17-25)28(36-20-24-14-8-4-9-15-24)26(38-30)22-34-19-23-12-6-3-7-13-23/h2-17,26-30H,1,18-22H2/t26-,27-,28+,29-,30?/m1/s1. The van der Waals surface area contributed by atoms with Crippen molar-refractivity contribution in [3.63, 3.8) is 0 Å². The molecule has 1 fully saturated rings. The molecule has 0 radical (unpaired) electrons. The molecular weight excluding hydrogens is 486 g/mol. The van der Waals surface area contributed by atoms with Crippen LogP contribution < -0.4 is 0 Å². The first kappa shape index (κ1) is 27.6. The highest BCUT2D eigenvalue weighted by Crippen LogP contribution is 2.30. The fraction of sp³-hybridized carbons (Fsp3) is 0.333. The van der Waals surface area contributed by atoms with Gasteiger partial charge in [0.05, 0.1) is 33.0 Å². The Morgan fingerprint density at radius 2 is 1.26 bits per heavy atom. The molecule has 0 spiro atoms. The molecule has 4 rings (SSSR count). The lowest BCUT2D eigenvalue weighted by Crippen LogP contribution is -2.63. The topological polar surface area (TPSA) is 89.3 Å². The summed E-state index contributed by atoms with van der Waals surface area (Å²) in [7, 11) is 0. The van der Waals surface area contributed by atoms with Gasteiger partial charge in [-0.05, 0) is 16.7 Å². The highest BCUT2D eigenvalue weighted by atomic mass is 16.7. The molecule has 0 amide bonds. The van der Waals surface area contributed by atoms with Crippen LogP contribution in [0, 0.1) is 10.1 Å². The SMILES string of the molecule is C=CCOC1O[C@H](COCc2ccccc2)[C@H](OCc2ccccc2)[C@H](OCc2ccccc2)[C@H]1[N+](=O)[O-]. The summed E-state index contributed by atoms with van der Waals surface area (Å²) in [6, 6.07) is 27.6. The molecule has 38 heavy (non-hydrogen) atoms. The van der Waals surface area contributed by atoms with Crippen molar-refractivity contribution in [3.05, 3.63) is 130 Å². The number of nitrogens with zero attached hydrogens (tertiary/aromatic N) is 1. The van der Waals surface area contributed by atoms with E-state index in [0.717, 1.165) is 16.7 Å². The minimum absolute atomic E-state index is 0.0908. The van der Waals surface area contributed by atoms with Crippen molar-refractivity contribution in [3.8, 4) is 0 Å². The quantitative estimate of drug-likeness (QED) is 0.169. The summed E-state index contributed by atoms with van der Waals surface area (Å²) < 4.78 is 30.4. The van der Waals surface area contributed by atoms with Crippen LogP contribution in [0.3, 0.4) is 0 Å². The molecule has 1 unspecified atom stereocenters. The highest BCUT2D eigenvalue weighted by Gasteiger charge is 2.54. The Bertz CT molecular complexity index is 1110. The maximum absolute atomic E-state index is 12.3. The van der Waals surface area contributed by atoms with E-state index < -0.39 is 35.6 Å². The van der Waals surface area contributed by atoms with E-state index in [1.807, 2.05) is 91.0 Å². The molecule has 8 nitrogen and oxygen atoms in total. The summed E-state index contributed by atoms with van der Waals surface area (Å²) in [4.78, 5) is 11.9. The molecule has 200 valence electrons. The Morgan fingerprint density at radius 1 is 0.763 bits per heavy atom. The van der Waals surface area contributed by atoms with E-state index in [1.54, 1.807) is 0 Å². The van der Waals surface area contributed by atoms with Gasteiger partial charge in [-0.15, -0.1) is 6.58 Å². The van der Waals surface area contributed by atoms with Crippen LogP contribution in [0.2, 0.25) is 0 Å². The predicted molar refractivity (Wildman–Crippen MR) is 142 cm³/mol. The van der Waals surface area contributed by atoms with E-state index in [1.165, 1.54) is 6.08 Å². The Labute approximate surface area is 222 Å². The molecule has 1 saturated heterocycles. The molecule has 0 bridgehead atoms. The predicted octanol–water partition coefficient (Wildman–Crippen LogP) is 4.95. The minimum Gasteiger partial charge on any atom is -0.374 e. The van der Waals surface area contributed by atoms with Gasteiger partial charge in [0.1, 0.15) is 12.2 Å². The van der Waals surface area contributed by atoms with Gasteiger partial charge in [-0.3, -0.25) is 10.1 Å². The van der Waals surface area contributed by atoms with Gasteiger partial charge in [0, 0.05) is 4.92 Å². The molecule has 8 heteroatoms. The molecule has 5 atom stereocenters. The molecule has 0 N–H and O–H groups in total. The monoisotopic (exact) mass is 519 g/mol. The second-order valence-electron chi connectivity index (χ2n) is 8.96. The van der Waals surface area contributed by atoms with E-state index >= 15 is 0 Å². The molecule has 0 aromatic heterocycles. The average Bonchev–Trinajstić information content (AvgIpc) is 2.95. The fourth-order valence-electron chi connectivity index (χ4n) is 4.34. The average molecular weight is 520 g/mol. The van der Waals surface area contributed by atoms with Crippen LogP contribution in [0.25, 0.3) is 0 Å². The van der Waals surface area contributed by atoms with Crippen molar-refractivity contribution in [1.82, 2.24) is 0 Å². The van der Waals surface area contributed by atoms with E-state index in [9.17, 15) is 10.1 Å². The summed E-state index contributed by atoms with van der Waals surface area (Å²) in [5.74, 6) is 0. The maximum atomic E-state index is 12.3. The van der Waals surface area contributed by atoms with Gasteiger partial charge in [-0.1, -0.05) is 97.1 Å². The Kier molecular flexibility index (Phi) is 10.6. The maximum Gasteiger partial charge on any atom is 0.291 e. The summed E-state index contributed by atoms with van der Waals surface area (Å²) >= 11 is 0. The fourth-order valence-corrected chi connectivity index (χ4v) is 4.34. The van der Waals surface area contributed by atoms with Crippen LogP contribution in [0.5, 0.6) is 0 Å². The molecule has 0 aliphatic carbocycles. The van der Waals surface area contributed by atoms with Gasteiger partial charge in [-0.2, -0.15) is 0 Å². The number of benzene rings is 3. The van der Waals surface area contributed by atoms with Crippen molar-refractivity contribution in [2.75, 3.05) is 13.2 Å². The van der Waals surface area contributed by atoms with Crippen LogP contribution in [0.1, 0.15) is 16.7 Å². The van der Waals surface area contributed by atoms with Gasteiger partial charge >= 0.3 is 0 Å². The molecule has 3 aromatic carbocycles. The first-order valence-corrected chi connectivity index (χ1v) is 12.6. The minimum atomic E-state index is -1.31. The first-order valence-electron chi connectivity index (χ1n) is 12.6. The molecule has 1 aliphatic rings. The lowest BCUT2D eigenvalue weighted by atomic mass is 9.96. The van der Waals surface area contributed by atoms with Crippen LogP contribution in [0.4, 0.5) is 0 Å². The summed E-state index contributed by atoms with van der Waals surface area (Å²) in [6.07, 6.45) is -2.05. The largest absolute Gasteiger partial charge is 0.374 e. The van der Waals surface area contributed by atoms with E-state index in [4.69, 9.17) is 23.7 Å². The first-order chi connectivity index (χ1) is 18.7. The van der Waals surface area contributed by atoms with Crippen molar-refractivity contribution in [2.45, 2.75) is 50.5 Å². The number of rotatable bonds is 14. The summed E-state index contributed by atoms with van der Waals surface area (Å²) in [6.45, 7) is 4.65. The van der Waals surface area contributed by atoms with Crippen molar-refractivity contribution >= 4 is 0 Å². The number of nitro groups is 1. The number of ether oxygens (including phenoxy) is 5. The summed E-state index contributed by atoms with van der Waals surface area (Å²) in [5.41, 5.74) is 2.83. The zero-order valence-electron chi connectivity index (χ0n) is 21.2. The molecule has 0 saturated carbocycles. The van der Waals surface area contributed by atoms with Crippen LogP contribution in [-0.4, -0.2) is 48.8 Å². The molecule has 1 aliphatic heterocycles. The van der Waals surface area contributed by atoms with Gasteiger partial charge in [0.25, 0.3) is 6.04 Å². The second kappa shape index (κ2) is 14.5. The van der Waals surface area contributed by atoms with Gasteiger partial charge in [0.2, 0.25) is 6.29 Å². The van der Waals surface area contributed by atoms with Crippen molar-refractivity contribution < 1.29 is 28.6 Å². The van der Waals surface area contributed by atoms with Crippen molar-refractivity contribution in [2.24, 2.45) is 0 Å². The second-order valence-corrected chi connectivity index (χ2v) is 8.96.